The molecule has 0 saturated carbocycles. The average Bonchev–Trinajstić information content (AvgIpc) is 2.73. The highest BCUT2D eigenvalue weighted by molar-refractivity contribution is 7.92. The van der Waals surface area contributed by atoms with Crippen LogP contribution in [0.2, 0.25) is 0 Å². The van der Waals surface area contributed by atoms with Crippen LogP contribution in [0.3, 0.4) is 0 Å². The Morgan fingerprint density at radius 2 is 1.68 bits per heavy atom. The standard InChI is InChI=1S/C24H26N2O4S/c1-17-7-6-9-20(15-17)30-14-13-25-24(27)22-16-21(12-11-18(22)2)31(28,29)26-23-10-5-4-8-19(23)3/h4-12,15-16,26H,13-14H2,1-3H3,(H,25,27). The molecule has 0 aliphatic heterocycles. The number of carbonyl (C=O) groups is 1. The van der Waals surface area contributed by atoms with E-state index in [1.54, 1.807) is 25.1 Å². The van der Waals surface area contributed by atoms with Gasteiger partial charge in [-0.1, -0.05) is 36.4 Å². The summed E-state index contributed by atoms with van der Waals surface area (Å²) >= 11 is 0. The Bertz CT molecular complexity index is 1190. The molecule has 0 atom stereocenters. The predicted octanol–water partition coefficient (Wildman–Crippen LogP) is 4.22. The summed E-state index contributed by atoms with van der Waals surface area (Å²) in [6, 6.07) is 19.3. The van der Waals surface area contributed by atoms with Crippen molar-refractivity contribution >= 4 is 21.6 Å². The normalized spacial score (nSPS) is 11.1. The number of amides is 1. The van der Waals surface area contributed by atoms with Gasteiger partial charge in [-0.05, 0) is 67.8 Å². The Morgan fingerprint density at radius 1 is 0.903 bits per heavy atom. The van der Waals surface area contributed by atoms with E-state index < -0.39 is 10.0 Å². The third-order valence-electron chi connectivity index (χ3n) is 4.80. The van der Waals surface area contributed by atoms with Gasteiger partial charge in [-0.15, -0.1) is 0 Å². The van der Waals surface area contributed by atoms with Gasteiger partial charge < -0.3 is 10.1 Å². The molecule has 6 nitrogen and oxygen atoms in total. The van der Waals surface area contributed by atoms with Crippen molar-refractivity contribution in [3.63, 3.8) is 0 Å². The number of carbonyl (C=O) groups excluding carboxylic acids is 1. The summed E-state index contributed by atoms with van der Waals surface area (Å²) in [5.74, 6) is 0.388. The van der Waals surface area contributed by atoms with E-state index in [4.69, 9.17) is 4.74 Å². The highest BCUT2D eigenvalue weighted by Gasteiger charge is 2.19. The first-order valence-corrected chi connectivity index (χ1v) is 11.4. The molecule has 162 valence electrons. The van der Waals surface area contributed by atoms with Gasteiger partial charge in [0.05, 0.1) is 17.1 Å². The average molecular weight is 439 g/mol. The molecule has 3 aromatic rings. The Balaban J connectivity index is 1.67. The lowest BCUT2D eigenvalue weighted by Gasteiger charge is -2.13. The van der Waals surface area contributed by atoms with Crippen molar-refractivity contribution < 1.29 is 17.9 Å². The summed E-state index contributed by atoms with van der Waals surface area (Å²) in [4.78, 5) is 12.7. The number of hydrogen-bond donors (Lipinski definition) is 2. The first kappa shape index (κ1) is 22.4. The van der Waals surface area contributed by atoms with Gasteiger partial charge in [0.15, 0.2) is 0 Å². The maximum atomic E-state index is 12.8. The molecule has 1 amide bonds. The maximum Gasteiger partial charge on any atom is 0.261 e. The van der Waals surface area contributed by atoms with Crippen molar-refractivity contribution in [1.29, 1.82) is 0 Å². The second-order valence-corrected chi connectivity index (χ2v) is 9.00. The summed E-state index contributed by atoms with van der Waals surface area (Å²) < 4.78 is 33.9. The Labute approximate surface area is 183 Å². The van der Waals surface area contributed by atoms with Gasteiger partial charge in [-0.25, -0.2) is 8.42 Å². The fraction of sp³-hybridized carbons (Fsp3) is 0.208. The summed E-state index contributed by atoms with van der Waals surface area (Å²) in [5.41, 5.74) is 3.40. The van der Waals surface area contributed by atoms with Crippen molar-refractivity contribution in [1.82, 2.24) is 5.32 Å². The van der Waals surface area contributed by atoms with Crippen LogP contribution in [0.5, 0.6) is 5.75 Å². The van der Waals surface area contributed by atoms with Gasteiger partial charge in [0, 0.05) is 5.56 Å². The summed E-state index contributed by atoms with van der Waals surface area (Å²) in [7, 11) is -3.83. The molecule has 0 aromatic heterocycles. The van der Waals surface area contributed by atoms with Crippen LogP contribution >= 0.6 is 0 Å². The quantitative estimate of drug-likeness (QED) is 0.516. The minimum atomic E-state index is -3.83. The zero-order valence-corrected chi connectivity index (χ0v) is 18.6. The topological polar surface area (TPSA) is 84.5 Å². The second kappa shape index (κ2) is 9.66. The fourth-order valence-electron chi connectivity index (χ4n) is 3.04. The molecule has 31 heavy (non-hydrogen) atoms. The predicted molar refractivity (Wildman–Crippen MR) is 122 cm³/mol. The molecule has 2 N–H and O–H groups in total. The van der Waals surface area contributed by atoms with Crippen molar-refractivity contribution in [2.24, 2.45) is 0 Å². The Morgan fingerprint density at radius 3 is 2.42 bits per heavy atom. The van der Waals surface area contributed by atoms with Crippen LogP contribution in [0.4, 0.5) is 5.69 Å². The molecule has 3 rings (SSSR count). The molecule has 7 heteroatoms. The second-order valence-electron chi connectivity index (χ2n) is 7.32. The number of ether oxygens (including phenoxy) is 1. The maximum absolute atomic E-state index is 12.8. The highest BCUT2D eigenvalue weighted by atomic mass is 32.2. The molecule has 0 fully saturated rings. The van der Waals surface area contributed by atoms with E-state index in [-0.39, 0.29) is 10.8 Å². The summed E-state index contributed by atoms with van der Waals surface area (Å²) in [6.07, 6.45) is 0. The van der Waals surface area contributed by atoms with Gasteiger partial charge in [0.25, 0.3) is 15.9 Å². The van der Waals surface area contributed by atoms with Crippen molar-refractivity contribution in [2.45, 2.75) is 25.7 Å². The highest BCUT2D eigenvalue weighted by Crippen LogP contribution is 2.21. The van der Waals surface area contributed by atoms with E-state index in [1.807, 2.05) is 50.2 Å². The third kappa shape index (κ3) is 5.86. The lowest BCUT2D eigenvalue weighted by Crippen LogP contribution is -2.29. The zero-order valence-electron chi connectivity index (χ0n) is 17.8. The molecule has 0 aliphatic carbocycles. The van der Waals surface area contributed by atoms with Gasteiger partial charge in [0.1, 0.15) is 12.4 Å². The zero-order chi connectivity index (χ0) is 22.4. The van der Waals surface area contributed by atoms with Crippen molar-refractivity contribution in [3.05, 3.63) is 89.0 Å². The third-order valence-corrected chi connectivity index (χ3v) is 6.16. The number of benzene rings is 3. The molecule has 0 bridgehead atoms. The van der Waals surface area contributed by atoms with E-state index in [0.29, 0.717) is 30.0 Å². The molecular weight excluding hydrogens is 412 g/mol. The first-order valence-electron chi connectivity index (χ1n) is 9.93. The number of para-hydroxylation sites is 1. The van der Waals surface area contributed by atoms with Gasteiger partial charge in [-0.3, -0.25) is 9.52 Å². The largest absolute Gasteiger partial charge is 0.492 e. The van der Waals surface area contributed by atoms with Gasteiger partial charge in [-0.2, -0.15) is 0 Å². The SMILES string of the molecule is Cc1cccc(OCCNC(=O)c2cc(S(=O)(=O)Nc3ccccc3C)ccc2C)c1. The van der Waals surface area contributed by atoms with Crippen LogP contribution in [0.15, 0.2) is 71.6 Å². The molecule has 0 unspecified atom stereocenters. The molecule has 0 aliphatic rings. The van der Waals surface area contributed by atoms with Crippen molar-refractivity contribution in [3.8, 4) is 5.75 Å². The van der Waals surface area contributed by atoms with Crippen LogP contribution in [0.25, 0.3) is 0 Å². The number of rotatable bonds is 8. The molecule has 0 heterocycles. The summed E-state index contributed by atoms with van der Waals surface area (Å²) in [5, 5.41) is 2.78. The lowest BCUT2D eigenvalue weighted by atomic mass is 10.1. The lowest BCUT2D eigenvalue weighted by molar-refractivity contribution is 0.0946. The smallest absolute Gasteiger partial charge is 0.261 e. The first-order chi connectivity index (χ1) is 14.8. The monoisotopic (exact) mass is 438 g/mol. The molecule has 3 aromatic carbocycles. The van der Waals surface area contributed by atoms with E-state index in [9.17, 15) is 13.2 Å². The minimum Gasteiger partial charge on any atom is -0.492 e. The Hall–Kier alpha value is -3.32. The van der Waals surface area contributed by atoms with E-state index in [2.05, 4.69) is 10.0 Å². The number of sulfonamides is 1. The van der Waals surface area contributed by atoms with E-state index in [0.717, 1.165) is 16.9 Å². The molecule has 0 saturated heterocycles. The number of anilines is 1. The van der Waals surface area contributed by atoms with Crippen molar-refractivity contribution in [2.75, 3.05) is 17.9 Å². The molecule has 0 spiro atoms. The number of nitrogens with one attached hydrogen (secondary N) is 2. The molecular formula is C24H26N2O4S. The van der Waals surface area contributed by atoms with E-state index >= 15 is 0 Å². The number of hydrogen-bond acceptors (Lipinski definition) is 4. The fourth-order valence-corrected chi connectivity index (χ4v) is 4.19. The van der Waals surface area contributed by atoms with Gasteiger partial charge in [0.2, 0.25) is 0 Å². The summed E-state index contributed by atoms with van der Waals surface area (Å²) in [6.45, 7) is 6.17. The van der Waals surface area contributed by atoms with Crippen LogP contribution in [0, 0.1) is 20.8 Å². The van der Waals surface area contributed by atoms with Crippen LogP contribution in [-0.2, 0) is 10.0 Å². The van der Waals surface area contributed by atoms with E-state index in [1.165, 1.54) is 12.1 Å². The Kier molecular flexibility index (Phi) is 6.97. The van der Waals surface area contributed by atoms with Crippen LogP contribution in [-0.4, -0.2) is 27.5 Å². The van der Waals surface area contributed by atoms with Gasteiger partial charge >= 0.3 is 0 Å². The van der Waals surface area contributed by atoms with Crippen LogP contribution in [0.1, 0.15) is 27.0 Å². The number of aryl methyl sites for hydroxylation is 3. The minimum absolute atomic E-state index is 0.0301. The molecule has 0 radical (unpaired) electrons. The van der Waals surface area contributed by atoms with Crippen LogP contribution < -0.4 is 14.8 Å².